The third-order valence-electron chi connectivity index (χ3n) is 2.89. The highest BCUT2D eigenvalue weighted by Gasteiger charge is 2.35. The molecular formula is C14H19BrN2O3. The van der Waals surface area contributed by atoms with E-state index in [2.05, 4.69) is 20.9 Å². The van der Waals surface area contributed by atoms with Crippen LogP contribution in [0.5, 0.6) is 5.75 Å². The van der Waals surface area contributed by atoms with E-state index in [-0.39, 0.29) is 12.1 Å². The molecule has 0 saturated carbocycles. The highest BCUT2D eigenvalue weighted by molar-refractivity contribution is 9.10. The number of carbonyl (C=O) groups excluding carboxylic acids is 1. The van der Waals surface area contributed by atoms with Crippen molar-refractivity contribution in [3.05, 3.63) is 22.9 Å². The van der Waals surface area contributed by atoms with Crippen LogP contribution < -0.4 is 4.74 Å². The number of hydrogen-bond acceptors (Lipinski definition) is 4. The number of nitrogens with zero attached hydrogens (tertiary/aromatic N) is 2. The van der Waals surface area contributed by atoms with Gasteiger partial charge in [-0.1, -0.05) is 0 Å². The minimum atomic E-state index is -0.466. The van der Waals surface area contributed by atoms with Crippen molar-refractivity contribution in [2.75, 3.05) is 13.2 Å². The lowest BCUT2D eigenvalue weighted by Gasteiger charge is -2.40. The van der Waals surface area contributed by atoms with Gasteiger partial charge < -0.3 is 14.4 Å². The van der Waals surface area contributed by atoms with Crippen molar-refractivity contribution in [1.82, 2.24) is 9.88 Å². The molecule has 1 unspecified atom stereocenters. The molecule has 2 rings (SSSR count). The largest absolute Gasteiger partial charge is 0.490 e. The summed E-state index contributed by atoms with van der Waals surface area (Å²) in [6.45, 7) is 6.77. The summed E-state index contributed by atoms with van der Waals surface area (Å²) in [6.07, 6.45) is 4.01. The number of ether oxygens (including phenoxy) is 2. The summed E-state index contributed by atoms with van der Waals surface area (Å²) in [7, 11) is 0. The minimum Gasteiger partial charge on any atom is -0.490 e. The molecule has 1 aromatic rings. The molecule has 1 aliphatic heterocycles. The Morgan fingerprint density at radius 2 is 2.25 bits per heavy atom. The maximum atomic E-state index is 11.9. The second-order valence-corrected chi connectivity index (χ2v) is 6.68. The van der Waals surface area contributed by atoms with E-state index in [1.54, 1.807) is 17.3 Å². The van der Waals surface area contributed by atoms with E-state index in [0.29, 0.717) is 12.4 Å². The van der Waals surface area contributed by atoms with Gasteiger partial charge in [0.05, 0.1) is 12.2 Å². The summed E-state index contributed by atoms with van der Waals surface area (Å²) < 4.78 is 11.9. The van der Waals surface area contributed by atoms with E-state index in [9.17, 15) is 4.79 Å². The zero-order valence-electron chi connectivity index (χ0n) is 11.9. The van der Waals surface area contributed by atoms with E-state index in [0.717, 1.165) is 17.4 Å². The van der Waals surface area contributed by atoms with Crippen molar-refractivity contribution < 1.29 is 14.3 Å². The average molecular weight is 343 g/mol. The quantitative estimate of drug-likeness (QED) is 0.846. The smallest absolute Gasteiger partial charge is 0.410 e. The molecule has 0 spiro atoms. The van der Waals surface area contributed by atoms with Crippen molar-refractivity contribution in [2.45, 2.75) is 38.8 Å². The van der Waals surface area contributed by atoms with E-state index < -0.39 is 5.60 Å². The molecule has 1 saturated heterocycles. The first-order chi connectivity index (χ1) is 9.35. The lowest BCUT2D eigenvalue weighted by molar-refractivity contribution is -0.0141. The summed E-state index contributed by atoms with van der Waals surface area (Å²) in [5, 5.41) is 0. The molecule has 1 aliphatic rings. The van der Waals surface area contributed by atoms with Crippen LogP contribution in [-0.2, 0) is 4.74 Å². The Balaban J connectivity index is 1.84. The normalized spacial score (nSPS) is 18.4. The molecule has 0 aliphatic carbocycles. The SMILES string of the molecule is CC(C)(C)OC(=O)N1CCC1COc1cncc(Br)c1. The van der Waals surface area contributed by atoms with Gasteiger partial charge in [-0.2, -0.15) is 0 Å². The van der Waals surface area contributed by atoms with Gasteiger partial charge in [0.25, 0.3) is 0 Å². The number of carbonyl (C=O) groups is 1. The molecule has 20 heavy (non-hydrogen) atoms. The highest BCUT2D eigenvalue weighted by atomic mass is 79.9. The number of pyridine rings is 1. The second kappa shape index (κ2) is 5.99. The first-order valence-corrected chi connectivity index (χ1v) is 7.37. The van der Waals surface area contributed by atoms with E-state index >= 15 is 0 Å². The number of hydrogen-bond donors (Lipinski definition) is 0. The van der Waals surface area contributed by atoms with E-state index in [1.807, 2.05) is 26.8 Å². The van der Waals surface area contributed by atoms with Crippen molar-refractivity contribution in [3.8, 4) is 5.75 Å². The number of aromatic nitrogens is 1. The van der Waals surface area contributed by atoms with Gasteiger partial charge in [-0.05, 0) is 49.2 Å². The van der Waals surface area contributed by atoms with Gasteiger partial charge in [0.2, 0.25) is 0 Å². The first kappa shape index (κ1) is 15.1. The maximum absolute atomic E-state index is 11.9. The van der Waals surface area contributed by atoms with Crippen molar-refractivity contribution in [3.63, 3.8) is 0 Å². The Kier molecular flexibility index (Phi) is 4.52. The Morgan fingerprint density at radius 3 is 2.80 bits per heavy atom. The molecule has 1 atom stereocenters. The van der Waals surface area contributed by atoms with E-state index in [4.69, 9.17) is 9.47 Å². The third kappa shape index (κ3) is 4.10. The van der Waals surface area contributed by atoms with Crippen LogP contribution in [0, 0.1) is 0 Å². The topological polar surface area (TPSA) is 51.7 Å². The molecule has 1 aromatic heterocycles. The molecule has 110 valence electrons. The molecule has 0 N–H and O–H groups in total. The molecule has 1 amide bonds. The molecule has 1 fully saturated rings. The van der Waals surface area contributed by atoms with Gasteiger partial charge in [-0.25, -0.2) is 4.79 Å². The predicted octanol–water partition coefficient (Wildman–Crippen LogP) is 3.23. The molecular weight excluding hydrogens is 324 g/mol. The van der Waals surface area contributed by atoms with Gasteiger partial charge in [0.1, 0.15) is 18.0 Å². The average Bonchev–Trinajstić information content (AvgIpc) is 2.24. The van der Waals surface area contributed by atoms with Gasteiger partial charge in [-0.3, -0.25) is 4.98 Å². The zero-order valence-corrected chi connectivity index (χ0v) is 13.5. The summed E-state index contributed by atoms with van der Waals surface area (Å²) in [5.41, 5.74) is -0.466. The van der Waals surface area contributed by atoms with Crippen LogP contribution in [0.1, 0.15) is 27.2 Å². The predicted molar refractivity (Wildman–Crippen MR) is 78.8 cm³/mol. The lowest BCUT2D eigenvalue weighted by atomic mass is 10.1. The van der Waals surface area contributed by atoms with Crippen LogP contribution in [0.3, 0.4) is 0 Å². The van der Waals surface area contributed by atoms with Crippen LogP contribution in [0.4, 0.5) is 4.79 Å². The van der Waals surface area contributed by atoms with Gasteiger partial charge >= 0.3 is 6.09 Å². The Hall–Kier alpha value is -1.30. The Labute approximate surface area is 127 Å². The number of rotatable bonds is 3. The number of amides is 1. The Bertz CT molecular complexity index is 488. The fourth-order valence-corrected chi connectivity index (χ4v) is 2.18. The fourth-order valence-electron chi connectivity index (χ4n) is 1.84. The molecule has 0 radical (unpaired) electrons. The van der Waals surface area contributed by atoms with Crippen LogP contribution >= 0.6 is 15.9 Å². The summed E-state index contributed by atoms with van der Waals surface area (Å²) in [6, 6.07) is 1.92. The number of likely N-dealkylation sites (tertiary alicyclic amines) is 1. The lowest BCUT2D eigenvalue weighted by Crippen LogP contribution is -2.55. The van der Waals surface area contributed by atoms with Crippen molar-refractivity contribution in [2.24, 2.45) is 0 Å². The monoisotopic (exact) mass is 342 g/mol. The first-order valence-electron chi connectivity index (χ1n) is 6.58. The van der Waals surface area contributed by atoms with Crippen LogP contribution in [-0.4, -0.2) is 40.8 Å². The van der Waals surface area contributed by atoms with Crippen LogP contribution in [0.2, 0.25) is 0 Å². The van der Waals surface area contributed by atoms with Crippen molar-refractivity contribution in [1.29, 1.82) is 0 Å². The van der Waals surface area contributed by atoms with Gasteiger partial charge in [0, 0.05) is 17.2 Å². The fraction of sp³-hybridized carbons (Fsp3) is 0.571. The summed E-state index contributed by atoms with van der Waals surface area (Å²) in [4.78, 5) is 17.7. The van der Waals surface area contributed by atoms with Gasteiger partial charge in [0.15, 0.2) is 0 Å². The number of halogens is 1. The maximum Gasteiger partial charge on any atom is 0.410 e. The molecule has 2 heterocycles. The third-order valence-corrected chi connectivity index (χ3v) is 3.33. The standard InChI is InChI=1S/C14H19BrN2O3/c1-14(2,3)20-13(18)17-5-4-11(17)9-19-12-6-10(15)7-16-8-12/h6-8,11H,4-5,9H2,1-3H3. The second-order valence-electron chi connectivity index (χ2n) is 5.77. The van der Waals surface area contributed by atoms with Crippen LogP contribution in [0.25, 0.3) is 0 Å². The van der Waals surface area contributed by atoms with Crippen molar-refractivity contribution >= 4 is 22.0 Å². The molecule has 0 bridgehead atoms. The summed E-state index contributed by atoms with van der Waals surface area (Å²) in [5.74, 6) is 0.690. The van der Waals surface area contributed by atoms with Crippen LogP contribution in [0.15, 0.2) is 22.9 Å². The summed E-state index contributed by atoms with van der Waals surface area (Å²) >= 11 is 3.34. The molecule has 6 heteroatoms. The Morgan fingerprint density at radius 1 is 1.50 bits per heavy atom. The highest BCUT2D eigenvalue weighted by Crippen LogP contribution is 2.23. The van der Waals surface area contributed by atoms with Gasteiger partial charge in [-0.15, -0.1) is 0 Å². The van der Waals surface area contributed by atoms with E-state index in [1.165, 1.54) is 0 Å². The molecule has 5 nitrogen and oxygen atoms in total. The minimum absolute atomic E-state index is 0.0730. The molecule has 0 aromatic carbocycles. The zero-order chi connectivity index (χ0) is 14.8.